The maximum Gasteiger partial charge on any atom is 0.410 e. The number of nitriles is 1. The summed E-state index contributed by atoms with van der Waals surface area (Å²) in [4.78, 5) is 19.2. The molecule has 214 valence electrons. The molecule has 4 aromatic rings. The van der Waals surface area contributed by atoms with E-state index < -0.39 is 17.5 Å². The van der Waals surface area contributed by atoms with E-state index in [4.69, 9.17) is 4.74 Å². The molecule has 0 aliphatic carbocycles. The highest BCUT2D eigenvalue weighted by molar-refractivity contribution is 7.98. The lowest BCUT2D eigenvalue weighted by Crippen LogP contribution is -2.48. The number of benzene rings is 2. The third kappa shape index (κ3) is 5.33. The Morgan fingerprint density at radius 3 is 2.61 bits per heavy atom. The van der Waals surface area contributed by atoms with Crippen LogP contribution >= 0.6 is 11.8 Å². The highest BCUT2D eigenvalue weighted by Crippen LogP contribution is 2.39. The van der Waals surface area contributed by atoms with Crippen molar-refractivity contribution < 1.29 is 18.3 Å². The number of pyridine rings is 1. The van der Waals surface area contributed by atoms with Crippen LogP contribution in [0.2, 0.25) is 0 Å². The van der Waals surface area contributed by atoms with Crippen LogP contribution in [0, 0.1) is 36.8 Å². The summed E-state index contributed by atoms with van der Waals surface area (Å²) in [5.41, 5.74) is 2.83. The number of nitrogens with zero attached hydrogens (tertiary/aromatic N) is 6. The number of hydrogen-bond acceptors (Lipinski definition) is 7. The molecule has 41 heavy (non-hydrogen) atoms. The molecular formula is C30H32F2N6O2S. The van der Waals surface area contributed by atoms with E-state index in [1.807, 2.05) is 40.0 Å². The van der Waals surface area contributed by atoms with Gasteiger partial charge in [-0.1, -0.05) is 11.3 Å². The average molecular weight is 579 g/mol. The zero-order valence-electron chi connectivity index (χ0n) is 24.0. The second-order valence-electron chi connectivity index (χ2n) is 11.5. The van der Waals surface area contributed by atoms with Gasteiger partial charge in [0.25, 0.3) is 0 Å². The van der Waals surface area contributed by atoms with E-state index in [-0.39, 0.29) is 29.8 Å². The Bertz CT molecular complexity index is 1710. The Kier molecular flexibility index (Phi) is 7.64. The smallest absolute Gasteiger partial charge is 0.410 e. The van der Waals surface area contributed by atoms with Gasteiger partial charge in [0.2, 0.25) is 0 Å². The van der Waals surface area contributed by atoms with Crippen LogP contribution in [0.4, 0.5) is 13.6 Å². The van der Waals surface area contributed by atoms with E-state index in [1.165, 1.54) is 17.8 Å². The quantitative estimate of drug-likeness (QED) is 0.238. The number of piperidine rings is 1. The van der Waals surface area contributed by atoms with E-state index in [2.05, 4.69) is 21.4 Å². The number of ether oxygens (including phenoxy) is 1. The summed E-state index contributed by atoms with van der Waals surface area (Å²) < 4.78 is 37.7. The number of rotatable bonds is 4. The molecule has 0 unspecified atom stereocenters. The van der Waals surface area contributed by atoms with Crippen LogP contribution < -0.4 is 0 Å². The summed E-state index contributed by atoms with van der Waals surface area (Å²) >= 11 is 1.35. The number of halogens is 2. The predicted octanol–water partition coefficient (Wildman–Crippen LogP) is 7.12. The number of amides is 1. The molecule has 0 N–H and O–H groups in total. The molecule has 1 amide bonds. The van der Waals surface area contributed by atoms with Gasteiger partial charge in [0, 0.05) is 17.5 Å². The first-order chi connectivity index (χ1) is 19.4. The fourth-order valence-corrected chi connectivity index (χ4v) is 6.08. The van der Waals surface area contributed by atoms with E-state index in [9.17, 15) is 14.4 Å². The largest absolute Gasteiger partial charge is 0.444 e. The van der Waals surface area contributed by atoms with Gasteiger partial charge in [-0.2, -0.15) is 5.26 Å². The van der Waals surface area contributed by atoms with Gasteiger partial charge >= 0.3 is 6.09 Å². The van der Waals surface area contributed by atoms with Gasteiger partial charge in [0.1, 0.15) is 33.0 Å². The van der Waals surface area contributed by atoms with Gasteiger partial charge in [0.15, 0.2) is 5.82 Å². The highest BCUT2D eigenvalue weighted by atomic mass is 32.2. The van der Waals surface area contributed by atoms with Crippen LogP contribution in [0.25, 0.3) is 33.1 Å². The van der Waals surface area contributed by atoms with Crippen molar-refractivity contribution in [2.24, 2.45) is 0 Å². The second-order valence-corrected chi connectivity index (χ2v) is 12.3. The minimum atomic E-state index is -0.652. The van der Waals surface area contributed by atoms with Gasteiger partial charge in [-0.3, -0.25) is 0 Å². The zero-order valence-corrected chi connectivity index (χ0v) is 24.8. The number of carbonyl (C=O) groups excluding carboxylic acids is 1. The van der Waals surface area contributed by atoms with Gasteiger partial charge in [0.05, 0.1) is 24.6 Å². The van der Waals surface area contributed by atoms with E-state index in [0.29, 0.717) is 63.1 Å². The average Bonchev–Trinajstić information content (AvgIpc) is 3.35. The van der Waals surface area contributed by atoms with Crippen molar-refractivity contribution in [3.05, 3.63) is 47.0 Å². The van der Waals surface area contributed by atoms with Crippen LogP contribution in [0.1, 0.15) is 57.2 Å². The van der Waals surface area contributed by atoms with Crippen molar-refractivity contribution in [3.63, 3.8) is 0 Å². The molecule has 3 heterocycles. The maximum absolute atomic E-state index is 16.3. The standard InChI is InChI=1S/C30H32F2N6O2S/c1-16-13-18(7-8-22(16)31)23-17(2)14-21-25(24(23)32)34-28(41-6)26-27(21)38(36-35-26)20-10-12-37(19(15-20)9-11-33)29(39)40-30(3,4)5/h7-8,13-14,19-20H,9-10,12,15H2,1-6H3/t19-,20+/m1/s1. The number of carbonyl (C=O) groups is 1. The SMILES string of the molecule is CSc1nc2c(F)c(-c3ccc(F)c(C)c3)c(C)cc2c2c1nnn2[C@H]1CCN(C(=O)OC(C)(C)C)[C@H](CC#N)C1. The maximum atomic E-state index is 16.3. The first kappa shape index (κ1) is 28.7. The molecule has 1 aliphatic rings. The van der Waals surface area contributed by atoms with E-state index in [0.717, 1.165) is 0 Å². The molecule has 1 aliphatic heterocycles. The normalized spacial score (nSPS) is 17.7. The fourth-order valence-electron chi connectivity index (χ4n) is 5.56. The lowest BCUT2D eigenvalue weighted by atomic mass is 9.94. The minimum absolute atomic E-state index is 0.148. The number of aryl methyl sites for hydroxylation is 2. The van der Waals surface area contributed by atoms with Crippen molar-refractivity contribution >= 4 is 39.8 Å². The molecule has 2 aromatic carbocycles. The van der Waals surface area contributed by atoms with Crippen molar-refractivity contribution in [3.8, 4) is 17.2 Å². The lowest BCUT2D eigenvalue weighted by Gasteiger charge is -2.39. The first-order valence-electron chi connectivity index (χ1n) is 13.5. The summed E-state index contributed by atoms with van der Waals surface area (Å²) in [5, 5.41) is 19.6. The van der Waals surface area contributed by atoms with Crippen LogP contribution in [-0.4, -0.2) is 55.4 Å². The van der Waals surface area contributed by atoms with Crippen molar-refractivity contribution in [1.82, 2.24) is 24.9 Å². The molecule has 11 heteroatoms. The Morgan fingerprint density at radius 1 is 1.20 bits per heavy atom. The Labute approximate surface area is 241 Å². The van der Waals surface area contributed by atoms with Crippen LogP contribution in [0.5, 0.6) is 0 Å². The molecule has 1 saturated heterocycles. The Hall–Kier alpha value is -3.78. The monoisotopic (exact) mass is 578 g/mol. The molecule has 8 nitrogen and oxygen atoms in total. The van der Waals surface area contributed by atoms with Gasteiger partial charge in [-0.05, 0) is 88.6 Å². The van der Waals surface area contributed by atoms with Crippen LogP contribution in [0.3, 0.4) is 0 Å². The number of fused-ring (bicyclic) bond motifs is 3. The number of aromatic nitrogens is 4. The second kappa shape index (κ2) is 10.9. The van der Waals surface area contributed by atoms with Crippen LogP contribution in [-0.2, 0) is 4.74 Å². The van der Waals surface area contributed by atoms with Gasteiger partial charge in [-0.25, -0.2) is 23.2 Å². The number of thioether (sulfide) groups is 1. The minimum Gasteiger partial charge on any atom is -0.444 e. The summed E-state index contributed by atoms with van der Waals surface area (Å²) in [5.74, 6) is -0.836. The van der Waals surface area contributed by atoms with Crippen molar-refractivity contribution in [1.29, 1.82) is 5.26 Å². The zero-order chi connectivity index (χ0) is 29.6. The third-order valence-electron chi connectivity index (χ3n) is 7.43. The number of likely N-dealkylation sites (tertiary alicyclic amines) is 1. The van der Waals surface area contributed by atoms with Crippen molar-refractivity contribution in [2.75, 3.05) is 12.8 Å². The van der Waals surface area contributed by atoms with Gasteiger partial charge in [-0.15, -0.1) is 16.9 Å². The van der Waals surface area contributed by atoms with Gasteiger partial charge < -0.3 is 9.64 Å². The molecule has 5 rings (SSSR count). The Morgan fingerprint density at radius 2 is 1.95 bits per heavy atom. The molecule has 0 saturated carbocycles. The summed E-state index contributed by atoms with van der Waals surface area (Å²) in [6, 6.07) is 8.09. The Balaban J connectivity index is 1.62. The fraction of sp³-hybridized carbons (Fsp3) is 0.433. The van der Waals surface area contributed by atoms with E-state index in [1.54, 1.807) is 28.6 Å². The lowest BCUT2D eigenvalue weighted by molar-refractivity contribution is 0.00557. The molecule has 2 atom stereocenters. The molecule has 1 fully saturated rings. The van der Waals surface area contributed by atoms with E-state index >= 15 is 4.39 Å². The molecule has 2 aromatic heterocycles. The molecular weight excluding hydrogens is 546 g/mol. The molecule has 0 spiro atoms. The van der Waals surface area contributed by atoms with Crippen LogP contribution in [0.15, 0.2) is 29.3 Å². The van der Waals surface area contributed by atoms with Crippen molar-refractivity contribution in [2.45, 2.75) is 76.6 Å². The summed E-state index contributed by atoms with van der Waals surface area (Å²) in [6.45, 7) is 9.29. The first-order valence-corrected chi connectivity index (χ1v) is 14.7. The molecule has 0 radical (unpaired) electrons. The number of hydrogen-bond donors (Lipinski definition) is 0. The summed E-state index contributed by atoms with van der Waals surface area (Å²) in [6.07, 6.45) is 2.59. The molecule has 0 bridgehead atoms. The third-order valence-corrected chi connectivity index (χ3v) is 8.10. The highest BCUT2D eigenvalue weighted by Gasteiger charge is 2.36. The topological polar surface area (TPSA) is 96.9 Å². The predicted molar refractivity (Wildman–Crippen MR) is 155 cm³/mol. The summed E-state index contributed by atoms with van der Waals surface area (Å²) in [7, 11) is 0.